The minimum absolute atomic E-state index is 0.000556. The summed E-state index contributed by atoms with van der Waals surface area (Å²) in [4.78, 5) is 21.0. The van der Waals surface area contributed by atoms with Gasteiger partial charge in [-0.25, -0.2) is 0 Å². The fourth-order valence-electron chi connectivity index (χ4n) is 0.815. The number of carboxylic acids is 1. The molecule has 0 amide bonds. The molecule has 0 radical (unpaired) electrons. The van der Waals surface area contributed by atoms with Crippen molar-refractivity contribution in [3.05, 3.63) is 0 Å². The lowest BCUT2D eigenvalue weighted by atomic mass is 10.2. The van der Waals surface area contributed by atoms with Crippen LogP contribution in [0.1, 0.15) is 26.2 Å². The Balaban J connectivity index is 3.24. The van der Waals surface area contributed by atoms with Crippen LogP contribution in [0.3, 0.4) is 0 Å². The Labute approximate surface area is 83.0 Å². The van der Waals surface area contributed by atoms with E-state index in [1.165, 1.54) is 0 Å². The van der Waals surface area contributed by atoms with Crippen molar-refractivity contribution in [3.8, 4) is 0 Å². The van der Waals surface area contributed by atoms with E-state index in [1.54, 1.807) is 0 Å². The zero-order valence-electron chi connectivity index (χ0n) is 8.32. The molecular formula is C9H16O5. The van der Waals surface area contributed by atoms with Crippen molar-refractivity contribution in [3.63, 3.8) is 0 Å². The number of hydrogen-bond acceptors (Lipinski definition) is 4. The van der Waals surface area contributed by atoms with E-state index < -0.39 is 5.97 Å². The summed E-state index contributed by atoms with van der Waals surface area (Å²) in [5.41, 5.74) is 0. The lowest BCUT2D eigenvalue weighted by molar-refractivity contribution is -0.145. The molecule has 0 fully saturated rings. The zero-order chi connectivity index (χ0) is 10.8. The van der Waals surface area contributed by atoms with Crippen molar-refractivity contribution >= 4 is 11.9 Å². The van der Waals surface area contributed by atoms with Crippen LogP contribution in [0.15, 0.2) is 0 Å². The molecule has 0 aromatic rings. The predicted molar refractivity (Wildman–Crippen MR) is 48.9 cm³/mol. The van der Waals surface area contributed by atoms with E-state index in [0.717, 1.165) is 0 Å². The van der Waals surface area contributed by atoms with E-state index in [0.29, 0.717) is 19.6 Å². The number of carboxylic acid groups (broad SMARTS) is 1. The van der Waals surface area contributed by atoms with Crippen LogP contribution in [0.2, 0.25) is 0 Å². The summed E-state index contributed by atoms with van der Waals surface area (Å²) in [6.07, 6.45) is 0.474. The molecule has 0 saturated carbocycles. The third kappa shape index (κ3) is 8.99. The van der Waals surface area contributed by atoms with Gasteiger partial charge in [-0.1, -0.05) is 0 Å². The van der Waals surface area contributed by atoms with E-state index in [2.05, 4.69) is 0 Å². The fourth-order valence-corrected chi connectivity index (χ4v) is 0.815. The van der Waals surface area contributed by atoms with Crippen molar-refractivity contribution in [2.24, 2.45) is 0 Å². The maximum absolute atomic E-state index is 10.9. The highest BCUT2D eigenvalue weighted by Gasteiger charge is 2.04. The van der Waals surface area contributed by atoms with Crippen LogP contribution in [0, 0.1) is 0 Å². The molecule has 14 heavy (non-hydrogen) atoms. The molecule has 0 aliphatic rings. The molecule has 0 aromatic heterocycles. The van der Waals surface area contributed by atoms with Crippen molar-refractivity contribution in [1.29, 1.82) is 0 Å². The Hall–Kier alpha value is -1.10. The lowest BCUT2D eigenvalue weighted by Gasteiger charge is -2.03. The van der Waals surface area contributed by atoms with Crippen LogP contribution in [0.5, 0.6) is 0 Å². The summed E-state index contributed by atoms with van der Waals surface area (Å²) in [6.45, 7) is 3.08. The van der Waals surface area contributed by atoms with Crippen LogP contribution in [-0.4, -0.2) is 36.9 Å². The molecule has 0 atom stereocenters. The highest BCUT2D eigenvalue weighted by Crippen LogP contribution is 1.97. The SMILES string of the molecule is CCOCCOC(=O)CCCC(=O)O. The van der Waals surface area contributed by atoms with Crippen molar-refractivity contribution < 1.29 is 24.2 Å². The second-order valence-electron chi connectivity index (χ2n) is 2.66. The molecule has 5 nitrogen and oxygen atoms in total. The molecule has 5 heteroatoms. The zero-order valence-corrected chi connectivity index (χ0v) is 8.32. The summed E-state index contributed by atoms with van der Waals surface area (Å²) in [5.74, 6) is -1.27. The molecule has 1 N–H and O–H groups in total. The van der Waals surface area contributed by atoms with Crippen molar-refractivity contribution in [2.75, 3.05) is 19.8 Å². The summed E-state index contributed by atoms with van der Waals surface area (Å²) < 4.78 is 9.72. The number of rotatable bonds is 8. The summed E-state index contributed by atoms with van der Waals surface area (Å²) >= 11 is 0. The molecule has 0 spiro atoms. The first-order valence-electron chi connectivity index (χ1n) is 4.62. The van der Waals surface area contributed by atoms with Gasteiger partial charge < -0.3 is 14.6 Å². The molecule has 0 aromatic carbocycles. The monoisotopic (exact) mass is 204 g/mol. The Bertz CT molecular complexity index is 178. The van der Waals surface area contributed by atoms with Gasteiger partial charge in [-0.05, 0) is 13.3 Å². The van der Waals surface area contributed by atoms with Crippen LogP contribution in [-0.2, 0) is 19.1 Å². The van der Waals surface area contributed by atoms with Gasteiger partial charge in [-0.15, -0.1) is 0 Å². The van der Waals surface area contributed by atoms with Gasteiger partial charge in [-0.2, -0.15) is 0 Å². The molecule has 0 unspecified atom stereocenters. The molecule has 0 rings (SSSR count). The molecule has 0 saturated heterocycles. The highest BCUT2D eigenvalue weighted by atomic mass is 16.6. The van der Waals surface area contributed by atoms with Crippen LogP contribution >= 0.6 is 0 Å². The van der Waals surface area contributed by atoms with Crippen LogP contribution in [0.25, 0.3) is 0 Å². The van der Waals surface area contributed by atoms with E-state index in [-0.39, 0.29) is 25.4 Å². The number of ether oxygens (including phenoxy) is 2. The fraction of sp³-hybridized carbons (Fsp3) is 0.778. The number of carbonyl (C=O) groups excluding carboxylic acids is 1. The Morgan fingerprint density at radius 2 is 1.93 bits per heavy atom. The minimum Gasteiger partial charge on any atom is -0.481 e. The Kier molecular flexibility index (Phi) is 7.83. The largest absolute Gasteiger partial charge is 0.481 e. The van der Waals surface area contributed by atoms with Gasteiger partial charge in [0.05, 0.1) is 6.61 Å². The number of hydrogen-bond donors (Lipinski definition) is 1. The van der Waals surface area contributed by atoms with E-state index in [1.807, 2.05) is 6.92 Å². The standard InChI is InChI=1S/C9H16O5/c1-2-13-6-7-14-9(12)5-3-4-8(10)11/h2-7H2,1H3,(H,10,11). The van der Waals surface area contributed by atoms with Gasteiger partial charge in [0.2, 0.25) is 0 Å². The number of aliphatic carboxylic acids is 1. The minimum atomic E-state index is -0.896. The Morgan fingerprint density at radius 1 is 1.21 bits per heavy atom. The van der Waals surface area contributed by atoms with E-state index in [4.69, 9.17) is 14.6 Å². The van der Waals surface area contributed by atoms with Gasteiger partial charge >= 0.3 is 11.9 Å². The van der Waals surface area contributed by atoms with Crippen molar-refractivity contribution in [2.45, 2.75) is 26.2 Å². The van der Waals surface area contributed by atoms with Gasteiger partial charge in [0.25, 0.3) is 0 Å². The number of esters is 1. The van der Waals surface area contributed by atoms with Gasteiger partial charge in [0.15, 0.2) is 0 Å². The normalized spacial score (nSPS) is 9.79. The van der Waals surface area contributed by atoms with Gasteiger partial charge in [-0.3, -0.25) is 9.59 Å². The third-order valence-electron chi connectivity index (χ3n) is 1.47. The molecule has 82 valence electrons. The molecule has 0 aliphatic heterocycles. The second kappa shape index (κ2) is 8.50. The van der Waals surface area contributed by atoms with E-state index in [9.17, 15) is 9.59 Å². The summed E-state index contributed by atoms with van der Waals surface area (Å²) in [5, 5.41) is 8.30. The van der Waals surface area contributed by atoms with Crippen LogP contribution < -0.4 is 0 Å². The maximum Gasteiger partial charge on any atom is 0.305 e. The average molecular weight is 204 g/mol. The molecule has 0 aliphatic carbocycles. The topological polar surface area (TPSA) is 72.8 Å². The molecular weight excluding hydrogens is 188 g/mol. The summed E-state index contributed by atoms with van der Waals surface area (Å²) in [7, 11) is 0. The van der Waals surface area contributed by atoms with Crippen LogP contribution in [0.4, 0.5) is 0 Å². The maximum atomic E-state index is 10.9. The molecule has 0 heterocycles. The quantitative estimate of drug-likeness (QED) is 0.468. The first-order chi connectivity index (χ1) is 6.66. The number of carbonyl (C=O) groups is 2. The first-order valence-corrected chi connectivity index (χ1v) is 4.62. The lowest BCUT2D eigenvalue weighted by Crippen LogP contribution is -2.10. The smallest absolute Gasteiger partial charge is 0.305 e. The van der Waals surface area contributed by atoms with Crippen molar-refractivity contribution in [1.82, 2.24) is 0 Å². The second-order valence-corrected chi connectivity index (χ2v) is 2.66. The summed E-state index contributed by atoms with van der Waals surface area (Å²) in [6, 6.07) is 0. The molecule has 0 bridgehead atoms. The highest BCUT2D eigenvalue weighted by molar-refractivity contribution is 5.71. The van der Waals surface area contributed by atoms with Gasteiger partial charge in [0, 0.05) is 19.4 Å². The van der Waals surface area contributed by atoms with E-state index >= 15 is 0 Å². The Morgan fingerprint density at radius 3 is 2.50 bits per heavy atom. The van der Waals surface area contributed by atoms with Gasteiger partial charge in [0.1, 0.15) is 6.61 Å². The predicted octanol–water partition coefficient (Wildman–Crippen LogP) is 0.821. The first kappa shape index (κ1) is 12.9. The average Bonchev–Trinajstić information content (AvgIpc) is 2.12. The third-order valence-corrected chi connectivity index (χ3v) is 1.47.